The van der Waals surface area contributed by atoms with E-state index in [4.69, 9.17) is 9.84 Å². The van der Waals surface area contributed by atoms with Gasteiger partial charge in [-0.05, 0) is 19.9 Å². The Morgan fingerprint density at radius 2 is 2.38 bits per heavy atom. The molecule has 5 nitrogen and oxygen atoms in total. The van der Waals surface area contributed by atoms with E-state index in [1.54, 1.807) is 0 Å². The normalized spacial score (nSPS) is 35.7. The summed E-state index contributed by atoms with van der Waals surface area (Å²) >= 11 is 0. The molecule has 0 amide bonds. The third-order valence-corrected chi connectivity index (χ3v) is 3.54. The van der Waals surface area contributed by atoms with Crippen molar-refractivity contribution in [3.8, 4) is 0 Å². The van der Waals surface area contributed by atoms with Gasteiger partial charge in [0.1, 0.15) is 0 Å². The number of nitrogens with zero attached hydrogens (tertiary/aromatic N) is 1. The van der Waals surface area contributed by atoms with Crippen LogP contribution in [0.3, 0.4) is 0 Å². The standard InChI is InChI=1S/C11H20N2O3/c1-13-4-5-16-8(7-13)6-12-10-3-2-9(10)11(14)15/h8-10,12H,2-7H2,1H3,(H,14,15). The lowest BCUT2D eigenvalue weighted by Gasteiger charge is -2.37. The maximum absolute atomic E-state index is 10.8. The highest BCUT2D eigenvalue weighted by Crippen LogP contribution is 2.27. The monoisotopic (exact) mass is 228 g/mol. The molecule has 1 aliphatic carbocycles. The number of ether oxygens (including phenoxy) is 1. The number of likely N-dealkylation sites (N-methyl/N-ethyl adjacent to an activating group) is 1. The maximum atomic E-state index is 10.8. The van der Waals surface area contributed by atoms with E-state index in [1.165, 1.54) is 0 Å². The third-order valence-electron chi connectivity index (χ3n) is 3.54. The van der Waals surface area contributed by atoms with Crippen molar-refractivity contribution < 1.29 is 14.6 Å². The average Bonchev–Trinajstić information content (AvgIpc) is 2.15. The molecule has 2 rings (SSSR count). The Bertz CT molecular complexity index is 260. The fraction of sp³-hybridized carbons (Fsp3) is 0.909. The molecule has 1 aliphatic heterocycles. The van der Waals surface area contributed by atoms with E-state index < -0.39 is 5.97 Å². The second-order valence-corrected chi connectivity index (χ2v) is 4.79. The molecule has 0 radical (unpaired) electrons. The van der Waals surface area contributed by atoms with E-state index in [0.717, 1.165) is 39.1 Å². The van der Waals surface area contributed by atoms with Gasteiger partial charge in [0.25, 0.3) is 0 Å². The van der Waals surface area contributed by atoms with Gasteiger partial charge in [0.15, 0.2) is 0 Å². The third kappa shape index (κ3) is 2.72. The fourth-order valence-corrected chi connectivity index (χ4v) is 2.31. The molecule has 1 saturated heterocycles. The summed E-state index contributed by atoms with van der Waals surface area (Å²) in [5.41, 5.74) is 0. The van der Waals surface area contributed by atoms with Gasteiger partial charge in [0.2, 0.25) is 0 Å². The first kappa shape index (κ1) is 11.8. The lowest BCUT2D eigenvalue weighted by molar-refractivity contribution is -0.146. The smallest absolute Gasteiger partial charge is 0.308 e. The predicted octanol–water partition coefficient (Wildman–Crippen LogP) is -0.230. The lowest BCUT2D eigenvalue weighted by Crippen LogP contribution is -2.52. The number of hydrogen-bond donors (Lipinski definition) is 2. The van der Waals surface area contributed by atoms with E-state index in [9.17, 15) is 4.79 Å². The highest BCUT2D eigenvalue weighted by molar-refractivity contribution is 5.72. The molecular formula is C11H20N2O3. The summed E-state index contributed by atoms with van der Waals surface area (Å²) in [7, 11) is 2.08. The molecule has 2 N–H and O–H groups in total. The number of rotatable bonds is 4. The minimum atomic E-state index is -0.676. The van der Waals surface area contributed by atoms with Gasteiger partial charge in [-0.1, -0.05) is 0 Å². The Morgan fingerprint density at radius 3 is 2.94 bits per heavy atom. The topological polar surface area (TPSA) is 61.8 Å². The van der Waals surface area contributed by atoms with Crippen LogP contribution in [0.1, 0.15) is 12.8 Å². The highest BCUT2D eigenvalue weighted by Gasteiger charge is 2.36. The fourth-order valence-electron chi connectivity index (χ4n) is 2.31. The summed E-state index contributed by atoms with van der Waals surface area (Å²) < 4.78 is 5.61. The van der Waals surface area contributed by atoms with E-state index in [1.807, 2.05) is 0 Å². The average molecular weight is 228 g/mol. The molecule has 0 aromatic heterocycles. The summed E-state index contributed by atoms with van der Waals surface area (Å²) in [5.74, 6) is -0.869. The number of carboxylic acid groups (broad SMARTS) is 1. The van der Waals surface area contributed by atoms with Crippen molar-refractivity contribution >= 4 is 5.97 Å². The molecule has 0 bridgehead atoms. The zero-order valence-corrected chi connectivity index (χ0v) is 9.69. The number of carbonyl (C=O) groups is 1. The van der Waals surface area contributed by atoms with Crippen molar-refractivity contribution in [2.75, 3.05) is 33.3 Å². The molecule has 3 atom stereocenters. The van der Waals surface area contributed by atoms with Crippen LogP contribution >= 0.6 is 0 Å². The minimum absolute atomic E-state index is 0.147. The molecule has 1 heterocycles. The molecule has 0 aromatic rings. The summed E-state index contributed by atoms with van der Waals surface area (Å²) in [5, 5.41) is 12.2. The van der Waals surface area contributed by atoms with E-state index in [0.29, 0.717) is 0 Å². The SMILES string of the molecule is CN1CCOC(CNC2CCC2C(=O)O)C1. The van der Waals surface area contributed by atoms with E-state index >= 15 is 0 Å². The van der Waals surface area contributed by atoms with Crippen molar-refractivity contribution in [1.82, 2.24) is 10.2 Å². The van der Waals surface area contributed by atoms with E-state index in [2.05, 4.69) is 17.3 Å². The highest BCUT2D eigenvalue weighted by atomic mass is 16.5. The predicted molar refractivity (Wildman–Crippen MR) is 59.4 cm³/mol. The van der Waals surface area contributed by atoms with Gasteiger partial charge in [0.05, 0.1) is 18.6 Å². The molecule has 5 heteroatoms. The number of hydrogen-bond acceptors (Lipinski definition) is 4. The van der Waals surface area contributed by atoms with E-state index in [-0.39, 0.29) is 18.1 Å². The maximum Gasteiger partial charge on any atom is 0.308 e. The molecule has 2 fully saturated rings. The Balaban J connectivity index is 1.69. The summed E-state index contributed by atoms with van der Waals surface area (Å²) in [4.78, 5) is 13.1. The molecule has 1 saturated carbocycles. The van der Waals surface area contributed by atoms with Crippen LogP contribution < -0.4 is 5.32 Å². The van der Waals surface area contributed by atoms with Crippen molar-refractivity contribution in [1.29, 1.82) is 0 Å². The molecule has 0 spiro atoms. The van der Waals surface area contributed by atoms with Crippen LogP contribution in [0.2, 0.25) is 0 Å². The van der Waals surface area contributed by atoms with Gasteiger partial charge in [-0.15, -0.1) is 0 Å². The first-order valence-corrected chi connectivity index (χ1v) is 5.93. The Hall–Kier alpha value is -0.650. The van der Waals surface area contributed by atoms with Gasteiger partial charge in [-0.2, -0.15) is 0 Å². The lowest BCUT2D eigenvalue weighted by atomic mass is 9.79. The molecule has 2 aliphatic rings. The zero-order chi connectivity index (χ0) is 11.5. The van der Waals surface area contributed by atoms with Gasteiger partial charge >= 0.3 is 5.97 Å². The van der Waals surface area contributed by atoms with Gasteiger partial charge < -0.3 is 20.1 Å². The van der Waals surface area contributed by atoms with Crippen molar-refractivity contribution in [2.24, 2.45) is 5.92 Å². The molecule has 16 heavy (non-hydrogen) atoms. The Labute approximate surface area is 95.8 Å². The summed E-state index contributed by atoms with van der Waals surface area (Å²) in [6.45, 7) is 3.45. The zero-order valence-electron chi connectivity index (χ0n) is 9.69. The first-order chi connectivity index (χ1) is 7.66. The Kier molecular flexibility index (Phi) is 3.78. The van der Waals surface area contributed by atoms with Crippen LogP contribution in [-0.2, 0) is 9.53 Å². The van der Waals surface area contributed by atoms with Gasteiger partial charge in [-0.25, -0.2) is 0 Å². The molecular weight excluding hydrogens is 208 g/mol. The van der Waals surface area contributed by atoms with Crippen LogP contribution in [0.4, 0.5) is 0 Å². The van der Waals surface area contributed by atoms with Crippen molar-refractivity contribution in [3.05, 3.63) is 0 Å². The second kappa shape index (κ2) is 5.12. The number of morpholine rings is 1. The number of nitrogens with one attached hydrogen (secondary N) is 1. The Morgan fingerprint density at radius 1 is 1.56 bits per heavy atom. The molecule has 92 valence electrons. The summed E-state index contributed by atoms with van der Waals surface area (Å²) in [6.07, 6.45) is 1.98. The minimum Gasteiger partial charge on any atom is -0.481 e. The van der Waals surface area contributed by atoms with Gasteiger partial charge in [-0.3, -0.25) is 4.79 Å². The van der Waals surface area contributed by atoms with Crippen molar-refractivity contribution in [2.45, 2.75) is 25.0 Å². The van der Waals surface area contributed by atoms with Crippen LogP contribution in [0.5, 0.6) is 0 Å². The second-order valence-electron chi connectivity index (χ2n) is 4.79. The molecule has 3 unspecified atom stereocenters. The first-order valence-electron chi connectivity index (χ1n) is 5.93. The summed E-state index contributed by atoms with van der Waals surface area (Å²) in [6, 6.07) is 0.147. The van der Waals surface area contributed by atoms with Crippen LogP contribution in [0, 0.1) is 5.92 Å². The number of carboxylic acids is 1. The van der Waals surface area contributed by atoms with Crippen LogP contribution in [-0.4, -0.2) is 61.4 Å². The van der Waals surface area contributed by atoms with Crippen LogP contribution in [0.15, 0.2) is 0 Å². The van der Waals surface area contributed by atoms with Crippen LogP contribution in [0.25, 0.3) is 0 Å². The largest absolute Gasteiger partial charge is 0.481 e. The molecule has 0 aromatic carbocycles. The number of aliphatic carboxylic acids is 1. The van der Waals surface area contributed by atoms with Gasteiger partial charge in [0, 0.05) is 25.7 Å². The van der Waals surface area contributed by atoms with Crippen molar-refractivity contribution in [3.63, 3.8) is 0 Å². The quantitative estimate of drug-likeness (QED) is 0.696.